The second kappa shape index (κ2) is 4.94. The third kappa shape index (κ3) is 2.63. The highest BCUT2D eigenvalue weighted by atomic mass is 16.2. The van der Waals surface area contributed by atoms with Crippen molar-refractivity contribution in [3.8, 4) is 0 Å². The van der Waals surface area contributed by atoms with E-state index < -0.39 is 0 Å². The molecule has 2 aliphatic rings. The number of amides is 1. The first-order valence-electron chi connectivity index (χ1n) is 6.84. The Morgan fingerprint density at radius 2 is 1.88 bits per heavy atom. The summed E-state index contributed by atoms with van der Waals surface area (Å²) in [5.74, 6) is 0.248. The third-order valence-electron chi connectivity index (χ3n) is 4.41. The zero-order valence-corrected chi connectivity index (χ0v) is 11.1. The molecule has 1 aliphatic heterocycles. The first kappa shape index (κ1) is 12.8. The molecule has 1 heterocycles. The molecule has 1 aliphatic carbocycles. The summed E-state index contributed by atoms with van der Waals surface area (Å²) < 4.78 is 0. The van der Waals surface area contributed by atoms with Crippen molar-refractivity contribution < 1.29 is 4.79 Å². The first-order valence-corrected chi connectivity index (χ1v) is 6.84. The summed E-state index contributed by atoms with van der Waals surface area (Å²) in [5, 5.41) is 0. The predicted molar refractivity (Wildman–Crippen MR) is 68.6 cm³/mol. The van der Waals surface area contributed by atoms with Crippen molar-refractivity contribution in [3.63, 3.8) is 0 Å². The third-order valence-corrected chi connectivity index (χ3v) is 4.41. The number of nitrogens with zero attached hydrogens (tertiary/aromatic N) is 2. The van der Waals surface area contributed by atoms with Crippen LogP contribution in [0.2, 0.25) is 0 Å². The first-order chi connectivity index (χ1) is 8.10. The number of rotatable bonds is 4. The average Bonchev–Trinajstić information content (AvgIpc) is 3.21. The fourth-order valence-electron chi connectivity index (χ4n) is 2.49. The van der Waals surface area contributed by atoms with E-state index in [0.29, 0.717) is 6.54 Å². The normalized spacial score (nSPS) is 25.7. The Balaban J connectivity index is 1.88. The monoisotopic (exact) mass is 239 g/mol. The molecule has 4 nitrogen and oxygen atoms in total. The summed E-state index contributed by atoms with van der Waals surface area (Å²) in [4.78, 5) is 16.9. The van der Waals surface area contributed by atoms with Gasteiger partial charge in [0.05, 0.1) is 5.41 Å². The van der Waals surface area contributed by atoms with Gasteiger partial charge in [0, 0.05) is 38.8 Å². The fraction of sp³-hybridized carbons (Fsp3) is 0.923. The van der Waals surface area contributed by atoms with Crippen LogP contribution in [0.4, 0.5) is 0 Å². The standard InChI is InChI=1S/C13H25N3O/c1-3-13(2,10-14)12(17)16-8-6-15(7-9-16)11-4-5-11/h11H,3-10,14H2,1-2H3. The van der Waals surface area contributed by atoms with Gasteiger partial charge in [0.25, 0.3) is 0 Å². The Kier molecular flexibility index (Phi) is 3.73. The average molecular weight is 239 g/mol. The zero-order valence-electron chi connectivity index (χ0n) is 11.1. The minimum absolute atomic E-state index is 0.248. The Hall–Kier alpha value is -0.610. The Morgan fingerprint density at radius 3 is 2.29 bits per heavy atom. The van der Waals surface area contributed by atoms with E-state index >= 15 is 0 Å². The maximum absolute atomic E-state index is 12.4. The maximum Gasteiger partial charge on any atom is 0.229 e. The van der Waals surface area contributed by atoms with Gasteiger partial charge in [0.15, 0.2) is 0 Å². The van der Waals surface area contributed by atoms with Gasteiger partial charge in [-0.15, -0.1) is 0 Å². The lowest BCUT2D eigenvalue weighted by atomic mass is 9.86. The molecule has 1 atom stereocenters. The van der Waals surface area contributed by atoms with Crippen molar-refractivity contribution in [2.45, 2.75) is 39.2 Å². The maximum atomic E-state index is 12.4. The minimum Gasteiger partial charge on any atom is -0.340 e. The van der Waals surface area contributed by atoms with E-state index in [2.05, 4.69) is 4.90 Å². The van der Waals surface area contributed by atoms with Crippen LogP contribution in [0.25, 0.3) is 0 Å². The molecular weight excluding hydrogens is 214 g/mol. The molecule has 1 unspecified atom stereocenters. The van der Waals surface area contributed by atoms with Crippen LogP contribution in [0.15, 0.2) is 0 Å². The Bertz CT molecular complexity index is 276. The van der Waals surface area contributed by atoms with Crippen molar-refractivity contribution in [2.24, 2.45) is 11.1 Å². The molecule has 2 N–H and O–H groups in total. The lowest BCUT2D eigenvalue weighted by Crippen LogP contribution is -2.54. The van der Waals surface area contributed by atoms with Crippen molar-refractivity contribution in [2.75, 3.05) is 32.7 Å². The molecule has 17 heavy (non-hydrogen) atoms. The van der Waals surface area contributed by atoms with Gasteiger partial charge in [0.2, 0.25) is 5.91 Å². The largest absolute Gasteiger partial charge is 0.340 e. The van der Waals surface area contributed by atoms with Gasteiger partial charge < -0.3 is 10.6 Å². The van der Waals surface area contributed by atoms with Gasteiger partial charge in [-0.25, -0.2) is 0 Å². The molecule has 1 amide bonds. The number of carbonyl (C=O) groups is 1. The quantitative estimate of drug-likeness (QED) is 0.784. The van der Waals surface area contributed by atoms with E-state index in [1.807, 2.05) is 18.7 Å². The van der Waals surface area contributed by atoms with Gasteiger partial charge in [0.1, 0.15) is 0 Å². The van der Waals surface area contributed by atoms with Crippen molar-refractivity contribution in [1.29, 1.82) is 0 Å². The molecule has 2 rings (SSSR count). The lowest BCUT2D eigenvalue weighted by Gasteiger charge is -2.39. The summed E-state index contributed by atoms with van der Waals surface area (Å²) in [6.07, 6.45) is 3.53. The van der Waals surface area contributed by atoms with E-state index in [1.165, 1.54) is 12.8 Å². The van der Waals surface area contributed by atoms with Crippen LogP contribution in [0, 0.1) is 5.41 Å². The van der Waals surface area contributed by atoms with E-state index in [-0.39, 0.29) is 11.3 Å². The second-order valence-electron chi connectivity index (χ2n) is 5.68. The van der Waals surface area contributed by atoms with Crippen molar-refractivity contribution >= 4 is 5.91 Å². The van der Waals surface area contributed by atoms with Crippen LogP contribution in [0.5, 0.6) is 0 Å². The van der Waals surface area contributed by atoms with Gasteiger partial charge in [-0.2, -0.15) is 0 Å². The summed E-state index contributed by atoms with van der Waals surface area (Å²) in [6.45, 7) is 8.33. The SMILES string of the molecule is CCC(C)(CN)C(=O)N1CCN(C2CC2)CC1. The minimum atomic E-state index is -0.359. The lowest BCUT2D eigenvalue weighted by molar-refractivity contribution is -0.142. The van der Waals surface area contributed by atoms with Gasteiger partial charge in [-0.1, -0.05) is 6.92 Å². The number of piperazine rings is 1. The number of hydrogen-bond donors (Lipinski definition) is 1. The van der Waals surface area contributed by atoms with Crippen molar-refractivity contribution in [3.05, 3.63) is 0 Å². The molecule has 2 fully saturated rings. The highest BCUT2D eigenvalue weighted by Crippen LogP contribution is 2.29. The number of nitrogens with two attached hydrogens (primary N) is 1. The highest BCUT2D eigenvalue weighted by molar-refractivity contribution is 5.82. The van der Waals surface area contributed by atoms with Gasteiger partial charge in [-0.3, -0.25) is 9.69 Å². The molecule has 0 aromatic heterocycles. The zero-order chi connectivity index (χ0) is 12.5. The van der Waals surface area contributed by atoms with E-state index in [0.717, 1.165) is 38.6 Å². The molecule has 0 radical (unpaired) electrons. The Labute approximate surface area is 104 Å². The van der Waals surface area contributed by atoms with Gasteiger partial charge >= 0.3 is 0 Å². The summed E-state index contributed by atoms with van der Waals surface area (Å²) in [7, 11) is 0. The molecule has 1 saturated carbocycles. The van der Waals surface area contributed by atoms with Crippen LogP contribution in [-0.4, -0.2) is 54.5 Å². The smallest absolute Gasteiger partial charge is 0.229 e. The molecule has 4 heteroatoms. The van der Waals surface area contributed by atoms with Crippen LogP contribution in [0.1, 0.15) is 33.1 Å². The van der Waals surface area contributed by atoms with Crippen molar-refractivity contribution in [1.82, 2.24) is 9.80 Å². The molecule has 98 valence electrons. The highest BCUT2D eigenvalue weighted by Gasteiger charge is 2.37. The summed E-state index contributed by atoms with van der Waals surface area (Å²) >= 11 is 0. The molecule has 0 bridgehead atoms. The van der Waals surface area contributed by atoms with Gasteiger partial charge in [-0.05, 0) is 26.2 Å². The molecular formula is C13H25N3O. The molecule has 0 aromatic carbocycles. The molecule has 1 saturated heterocycles. The second-order valence-corrected chi connectivity index (χ2v) is 5.68. The summed E-state index contributed by atoms with van der Waals surface area (Å²) in [5.41, 5.74) is 5.39. The van der Waals surface area contributed by atoms with E-state index in [4.69, 9.17) is 5.73 Å². The number of carbonyl (C=O) groups excluding carboxylic acids is 1. The molecule has 0 aromatic rings. The van der Waals surface area contributed by atoms with Crippen LogP contribution >= 0.6 is 0 Å². The predicted octanol–water partition coefficient (Wildman–Crippen LogP) is 0.668. The van der Waals surface area contributed by atoms with E-state index in [9.17, 15) is 4.79 Å². The van der Waals surface area contributed by atoms with Crippen LogP contribution < -0.4 is 5.73 Å². The van der Waals surface area contributed by atoms with E-state index in [1.54, 1.807) is 0 Å². The Morgan fingerprint density at radius 1 is 1.29 bits per heavy atom. The van der Waals surface area contributed by atoms with Crippen LogP contribution in [-0.2, 0) is 4.79 Å². The number of hydrogen-bond acceptors (Lipinski definition) is 3. The molecule has 0 spiro atoms. The fourth-order valence-corrected chi connectivity index (χ4v) is 2.49. The topological polar surface area (TPSA) is 49.6 Å². The van der Waals surface area contributed by atoms with Crippen LogP contribution in [0.3, 0.4) is 0 Å². The summed E-state index contributed by atoms with van der Waals surface area (Å²) in [6, 6.07) is 0.819.